The van der Waals surface area contributed by atoms with Gasteiger partial charge in [-0.1, -0.05) is 45.0 Å². The average molecular weight is 329 g/mol. The Morgan fingerprint density at radius 1 is 1.09 bits per heavy atom. The fourth-order valence-corrected chi connectivity index (χ4v) is 3.17. The third-order valence-electron chi connectivity index (χ3n) is 3.34. The minimum Gasteiger partial charge on any atom is -0.382 e. The Kier molecular flexibility index (Phi) is 4.76. The quantitative estimate of drug-likeness (QED) is 0.801. The van der Waals surface area contributed by atoms with Crippen molar-refractivity contribution in [1.29, 1.82) is 5.26 Å². The van der Waals surface area contributed by atoms with Crippen molar-refractivity contribution in [2.75, 3.05) is 0 Å². The highest BCUT2D eigenvalue weighted by molar-refractivity contribution is 7.86. The molecule has 0 heterocycles. The molecule has 0 N–H and O–H groups in total. The molecule has 0 bridgehead atoms. The normalized spacial score (nSPS) is 11.7. The van der Waals surface area contributed by atoms with Crippen molar-refractivity contribution in [3.05, 3.63) is 65.2 Å². The van der Waals surface area contributed by atoms with Crippen LogP contribution in [0.1, 0.15) is 37.5 Å². The lowest BCUT2D eigenvalue weighted by Crippen LogP contribution is -2.13. The first-order valence-electron chi connectivity index (χ1n) is 7.21. The second-order valence-corrected chi connectivity index (χ2v) is 7.94. The largest absolute Gasteiger partial charge is 0.382 e. The molecule has 0 saturated carbocycles. The summed E-state index contributed by atoms with van der Waals surface area (Å²) in [6, 6.07) is 15.5. The highest BCUT2D eigenvalue weighted by atomic mass is 32.2. The average Bonchev–Trinajstić information content (AvgIpc) is 2.46. The molecule has 0 saturated heterocycles. The predicted molar refractivity (Wildman–Crippen MR) is 89.6 cm³/mol. The van der Waals surface area contributed by atoms with Crippen LogP contribution in [-0.4, -0.2) is 8.42 Å². The summed E-state index contributed by atoms with van der Waals surface area (Å²) in [6.07, 6.45) is 0. The van der Waals surface area contributed by atoms with Crippen LogP contribution in [0.4, 0.5) is 0 Å². The molecule has 0 aromatic heterocycles. The zero-order valence-electron chi connectivity index (χ0n) is 13.4. The number of hydrogen-bond donors (Lipinski definition) is 0. The van der Waals surface area contributed by atoms with E-state index in [0.717, 1.165) is 5.56 Å². The topological polar surface area (TPSA) is 67.2 Å². The molecule has 0 atom stereocenters. The van der Waals surface area contributed by atoms with Gasteiger partial charge in [-0.15, -0.1) is 0 Å². The molecular weight excluding hydrogens is 310 g/mol. The molecule has 2 rings (SSSR count). The summed E-state index contributed by atoms with van der Waals surface area (Å²) in [7, 11) is -3.77. The van der Waals surface area contributed by atoms with Crippen molar-refractivity contribution in [3.63, 3.8) is 0 Å². The molecule has 0 fully saturated rings. The first-order chi connectivity index (χ1) is 10.7. The zero-order chi connectivity index (χ0) is 17.1. The van der Waals surface area contributed by atoms with Crippen molar-refractivity contribution in [2.45, 2.75) is 31.9 Å². The van der Waals surface area contributed by atoms with Gasteiger partial charge in [-0.3, -0.25) is 0 Å². The smallest absolute Gasteiger partial charge is 0.313 e. The number of nitriles is 1. The second kappa shape index (κ2) is 6.43. The van der Waals surface area contributed by atoms with Gasteiger partial charge in [-0.25, -0.2) is 0 Å². The van der Waals surface area contributed by atoms with Crippen molar-refractivity contribution in [3.8, 4) is 11.8 Å². The molecule has 0 unspecified atom stereocenters. The van der Waals surface area contributed by atoms with Gasteiger partial charge in [0.15, 0.2) is 0 Å². The van der Waals surface area contributed by atoms with Crippen molar-refractivity contribution < 1.29 is 12.6 Å². The van der Waals surface area contributed by atoms with Crippen molar-refractivity contribution in [1.82, 2.24) is 0 Å². The van der Waals surface area contributed by atoms with Crippen LogP contribution in [0.3, 0.4) is 0 Å². The minimum absolute atomic E-state index is 0.00482. The summed E-state index contributed by atoms with van der Waals surface area (Å²) >= 11 is 0. The van der Waals surface area contributed by atoms with Crippen LogP contribution in [0.15, 0.2) is 48.5 Å². The maximum atomic E-state index is 12.1. The van der Waals surface area contributed by atoms with Crippen LogP contribution in [0.5, 0.6) is 5.75 Å². The lowest BCUT2D eigenvalue weighted by molar-refractivity contribution is 0.484. The molecule has 2 aromatic carbocycles. The molecule has 0 aliphatic heterocycles. The van der Waals surface area contributed by atoms with Gasteiger partial charge in [0.25, 0.3) is 0 Å². The van der Waals surface area contributed by atoms with Gasteiger partial charge in [0.05, 0.1) is 11.6 Å². The van der Waals surface area contributed by atoms with Gasteiger partial charge >= 0.3 is 10.1 Å². The third-order valence-corrected chi connectivity index (χ3v) is 4.48. The summed E-state index contributed by atoms with van der Waals surface area (Å²) in [5.74, 6) is 0.0123. The molecule has 0 aliphatic rings. The number of nitrogens with zero attached hydrogens (tertiary/aromatic N) is 1. The molecule has 120 valence electrons. The number of rotatable bonds is 4. The maximum Gasteiger partial charge on any atom is 0.313 e. The van der Waals surface area contributed by atoms with Crippen molar-refractivity contribution in [2.24, 2.45) is 0 Å². The summed E-state index contributed by atoms with van der Waals surface area (Å²) in [5.41, 5.74) is 2.04. The Labute approximate surface area is 137 Å². The molecule has 4 nitrogen and oxygen atoms in total. The van der Waals surface area contributed by atoms with E-state index < -0.39 is 10.1 Å². The highest BCUT2D eigenvalue weighted by Gasteiger charge is 2.16. The first-order valence-corrected chi connectivity index (χ1v) is 8.79. The van der Waals surface area contributed by atoms with E-state index >= 15 is 0 Å². The van der Waals surface area contributed by atoms with Crippen LogP contribution in [0.25, 0.3) is 0 Å². The van der Waals surface area contributed by atoms with Crippen LogP contribution in [0, 0.1) is 11.3 Å². The summed E-state index contributed by atoms with van der Waals surface area (Å²) in [4.78, 5) is 0. The molecule has 0 aliphatic carbocycles. The fourth-order valence-electron chi connectivity index (χ4n) is 2.12. The van der Waals surface area contributed by atoms with Gasteiger partial charge in [-0.2, -0.15) is 13.7 Å². The van der Waals surface area contributed by atoms with E-state index in [1.165, 1.54) is 0 Å². The molecule has 5 heteroatoms. The predicted octanol–water partition coefficient (Wildman–Crippen LogP) is 3.76. The van der Waals surface area contributed by atoms with E-state index in [2.05, 4.69) is 20.8 Å². The highest BCUT2D eigenvalue weighted by Crippen LogP contribution is 2.25. The third kappa shape index (κ3) is 4.83. The van der Waals surface area contributed by atoms with E-state index in [9.17, 15) is 8.42 Å². The van der Waals surface area contributed by atoms with Gasteiger partial charge < -0.3 is 4.18 Å². The summed E-state index contributed by atoms with van der Waals surface area (Å²) in [6.45, 7) is 6.26. The number of hydrogen-bond acceptors (Lipinski definition) is 4. The summed E-state index contributed by atoms with van der Waals surface area (Å²) in [5, 5.41) is 8.86. The molecule has 2 aromatic rings. The second-order valence-electron chi connectivity index (χ2n) is 6.37. The first kappa shape index (κ1) is 17.0. The Morgan fingerprint density at radius 3 is 2.30 bits per heavy atom. The standard InChI is InChI=1S/C18H19NO3S/c1-18(2,3)16-7-9-17(10-8-16)22-23(20,21)13-15-6-4-5-14(11-15)12-19/h4-11H,13H2,1-3H3. The van der Waals surface area contributed by atoms with E-state index in [1.807, 2.05) is 18.2 Å². The Balaban J connectivity index is 2.13. The van der Waals surface area contributed by atoms with Crippen LogP contribution >= 0.6 is 0 Å². The Hall–Kier alpha value is -2.32. The van der Waals surface area contributed by atoms with Gasteiger partial charge in [0, 0.05) is 0 Å². The lowest BCUT2D eigenvalue weighted by atomic mass is 9.87. The molecule has 0 spiro atoms. The maximum absolute atomic E-state index is 12.1. The van der Waals surface area contributed by atoms with Crippen molar-refractivity contribution >= 4 is 10.1 Å². The molecule has 0 radical (unpaired) electrons. The Bertz CT molecular complexity index is 826. The van der Waals surface area contributed by atoms with Crippen LogP contribution in [0.2, 0.25) is 0 Å². The Morgan fingerprint density at radius 2 is 1.74 bits per heavy atom. The molecule has 23 heavy (non-hydrogen) atoms. The zero-order valence-corrected chi connectivity index (χ0v) is 14.2. The molecule has 0 amide bonds. The fraction of sp³-hybridized carbons (Fsp3) is 0.278. The van der Waals surface area contributed by atoms with Crippen LogP contribution < -0.4 is 4.18 Å². The van der Waals surface area contributed by atoms with Gasteiger partial charge in [0.2, 0.25) is 0 Å². The number of benzene rings is 2. The van der Waals surface area contributed by atoms with Gasteiger partial charge in [0.1, 0.15) is 11.5 Å². The van der Waals surface area contributed by atoms with E-state index in [0.29, 0.717) is 11.1 Å². The summed E-state index contributed by atoms with van der Waals surface area (Å²) < 4.78 is 29.4. The van der Waals surface area contributed by atoms with Gasteiger partial charge in [-0.05, 0) is 40.8 Å². The van der Waals surface area contributed by atoms with E-state index in [1.54, 1.807) is 36.4 Å². The minimum atomic E-state index is -3.77. The molecular formula is C18H19NO3S. The van der Waals surface area contributed by atoms with Crippen LogP contribution in [-0.2, 0) is 21.3 Å². The van der Waals surface area contributed by atoms with E-state index in [4.69, 9.17) is 9.44 Å². The SMILES string of the molecule is CC(C)(C)c1ccc(OS(=O)(=O)Cc2cccc(C#N)c2)cc1. The monoisotopic (exact) mass is 329 g/mol. The lowest BCUT2D eigenvalue weighted by Gasteiger charge is -2.19. The van der Waals surface area contributed by atoms with E-state index in [-0.39, 0.29) is 16.9 Å².